The van der Waals surface area contributed by atoms with Crippen LogP contribution in [0.15, 0.2) is 34.4 Å². The van der Waals surface area contributed by atoms with E-state index >= 15 is 0 Å². The van der Waals surface area contributed by atoms with Crippen LogP contribution in [0.25, 0.3) is 11.2 Å². The number of nitrogen functional groups attached to an aromatic ring is 1. The van der Waals surface area contributed by atoms with Gasteiger partial charge in [-0.1, -0.05) is 0 Å². The number of H-pyrrole nitrogens is 2. The van der Waals surface area contributed by atoms with Crippen LogP contribution in [0.5, 0.6) is 0 Å². The summed E-state index contributed by atoms with van der Waals surface area (Å²) >= 11 is 0. The molecule has 0 spiro atoms. The maximum atomic E-state index is 13.5. The van der Waals surface area contributed by atoms with Crippen molar-refractivity contribution in [2.45, 2.75) is 87.3 Å². The van der Waals surface area contributed by atoms with Gasteiger partial charge >= 0.3 is 21.3 Å². The SMILES string of the molecule is Cc1cc2c(cc1C)N([C@@H]1O[C@H](CO)[C@H](O)[C@H](O)[C@H]1O)c1c([nH]c(=O)[nH]c1=O)N2C[C@H](O)[C@H](O)[C@H](O)COP(=O)(O)OP(=O)(O)OC[C@H]1O[C@@H](n2cnc3c(N)ncnc32)[C@H](O)[C@@H]1O. The lowest BCUT2D eigenvalue weighted by Crippen LogP contribution is -2.63. The Balaban J connectivity index is 1.02. The van der Waals surface area contributed by atoms with Gasteiger partial charge in [-0.25, -0.2) is 28.9 Å². The van der Waals surface area contributed by atoms with E-state index in [0.29, 0.717) is 11.1 Å². The number of nitrogens with zero attached hydrogens (tertiary/aromatic N) is 6. The molecule has 3 aliphatic rings. The van der Waals surface area contributed by atoms with Crippen LogP contribution in [-0.4, -0.2) is 179 Å². The Kier molecular flexibility index (Phi) is 13.5. The number of aliphatic hydroxyl groups is 9. The molecule has 29 nitrogen and oxygen atoms in total. The van der Waals surface area contributed by atoms with Crippen LogP contribution in [0, 0.1) is 13.8 Å². The molecule has 31 heteroatoms. The van der Waals surface area contributed by atoms with E-state index in [4.69, 9.17) is 19.7 Å². The van der Waals surface area contributed by atoms with Crippen molar-refractivity contribution in [3.8, 4) is 0 Å². The molecule has 3 aliphatic heterocycles. The van der Waals surface area contributed by atoms with E-state index in [-0.39, 0.29) is 34.2 Å². The summed E-state index contributed by atoms with van der Waals surface area (Å²) in [6, 6.07) is 3.06. The maximum absolute atomic E-state index is 13.5. The van der Waals surface area contributed by atoms with E-state index in [1.165, 1.54) is 23.0 Å². The molecule has 64 heavy (non-hydrogen) atoms. The van der Waals surface area contributed by atoms with Gasteiger partial charge in [0.1, 0.15) is 78.7 Å². The van der Waals surface area contributed by atoms with Gasteiger partial charge in [0, 0.05) is 0 Å². The molecule has 0 bridgehead atoms. The topological polar surface area (TPSA) is 445 Å². The first-order chi connectivity index (χ1) is 30.0. The van der Waals surface area contributed by atoms with Gasteiger partial charge in [0.15, 0.2) is 29.6 Å². The lowest BCUT2D eigenvalue weighted by atomic mass is 9.95. The number of hydrogen-bond acceptors (Lipinski definition) is 24. The fraction of sp³-hybridized carbons (Fsp3) is 0.545. The van der Waals surface area contributed by atoms with E-state index in [1.54, 1.807) is 13.8 Å². The molecule has 1 aromatic carbocycles. The van der Waals surface area contributed by atoms with Crippen molar-refractivity contribution in [1.82, 2.24) is 29.5 Å². The first-order valence-corrected chi connectivity index (χ1v) is 22.0. The molecule has 14 atom stereocenters. The van der Waals surface area contributed by atoms with E-state index in [2.05, 4.69) is 28.8 Å². The number of imidazole rings is 1. The molecular formula is C33H45N9O20P2. The van der Waals surface area contributed by atoms with E-state index in [9.17, 15) is 74.5 Å². The highest BCUT2D eigenvalue weighted by atomic mass is 31.3. The van der Waals surface area contributed by atoms with Gasteiger partial charge in [-0.15, -0.1) is 0 Å². The molecule has 4 aromatic rings. The minimum Gasteiger partial charge on any atom is -0.394 e. The molecule has 2 unspecified atom stereocenters. The van der Waals surface area contributed by atoms with Gasteiger partial charge in [-0.2, -0.15) is 4.31 Å². The summed E-state index contributed by atoms with van der Waals surface area (Å²) in [5.74, 6) is -0.353. The van der Waals surface area contributed by atoms with E-state index in [1.807, 2.05) is 4.98 Å². The molecule has 0 radical (unpaired) electrons. The number of ether oxygens (including phenoxy) is 2. The number of anilines is 5. The summed E-state index contributed by atoms with van der Waals surface area (Å²) in [5, 5.41) is 96.1. The average molecular weight is 950 g/mol. The minimum absolute atomic E-state index is 0.00713. The molecule has 7 rings (SSSR count). The molecular weight excluding hydrogens is 904 g/mol. The van der Waals surface area contributed by atoms with E-state index in [0.717, 1.165) is 16.1 Å². The second kappa shape index (κ2) is 18.2. The highest BCUT2D eigenvalue weighted by Crippen LogP contribution is 2.60. The number of aromatic amines is 2. The van der Waals surface area contributed by atoms with Crippen LogP contribution < -0.4 is 26.8 Å². The zero-order chi connectivity index (χ0) is 46.7. The zero-order valence-corrected chi connectivity index (χ0v) is 35.1. The van der Waals surface area contributed by atoms with E-state index < -0.39 is 132 Å². The fourth-order valence-corrected chi connectivity index (χ4v) is 9.49. The molecule has 6 heterocycles. The minimum atomic E-state index is -5.65. The third-order valence-corrected chi connectivity index (χ3v) is 13.4. The summed E-state index contributed by atoms with van der Waals surface area (Å²) < 4.78 is 51.6. The highest BCUT2D eigenvalue weighted by molar-refractivity contribution is 7.61. The van der Waals surface area contributed by atoms with Gasteiger partial charge in [0.05, 0.1) is 44.1 Å². The quantitative estimate of drug-likeness (QED) is 0.0499. The Bertz CT molecular complexity index is 2580. The van der Waals surface area contributed by atoms with Gasteiger partial charge < -0.3 is 80.8 Å². The molecule has 0 aliphatic carbocycles. The van der Waals surface area contributed by atoms with Crippen molar-refractivity contribution in [1.29, 1.82) is 0 Å². The summed E-state index contributed by atoms with van der Waals surface area (Å²) in [7, 11) is -11.2. The predicted molar refractivity (Wildman–Crippen MR) is 213 cm³/mol. The van der Waals surface area contributed by atoms with Crippen molar-refractivity contribution in [2.75, 3.05) is 41.9 Å². The Hall–Kier alpha value is -4.33. The summed E-state index contributed by atoms with van der Waals surface area (Å²) in [6.45, 7) is -0.526. The van der Waals surface area contributed by atoms with Crippen molar-refractivity contribution in [3.05, 3.63) is 56.8 Å². The summed E-state index contributed by atoms with van der Waals surface area (Å²) in [4.78, 5) is 65.2. The second-order valence-electron chi connectivity index (χ2n) is 15.1. The van der Waals surface area contributed by atoms with Crippen LogP contribution >= 0.6 is 15.6 Å². The lowest BCUT2D eigenvalue weighted by Gasteiger charge is -2.48. The molecule has 3 aromatic heterocycles. The van der Waals surface area contributed by atoms with Crippen LogP contribution in [0.3, 0.4) is 0 Å². The summed E-state index contributed by atoms with van der Waals surface area (Å²) in [5.41, 5.74) is 4.85. The van der Waals surface area contributed by atoms with Gasteiger partial charge in [0.25, 0.3) is 5.56 Å². The van der Waals surface area contributed by atoms with Crippen LogP contribution in [-0.2, 0) is 32.0 Å². The second-order valence-corrected chi connectivity index (χ2v) is 18.1. The normalized spacial score (nSPS) is 29.2. The lowest BCUT2D eigenvalue weighted by molar-refractivity contribution is -0.226. The standard InChI is InChI=1S/C33H45N9O20P2/c1-11-3-13-14(4-12(11)2)42(32-26(51)24(49)22(47)17(6-43)60-32)20-29(38-33(53)39-30(20)52)40(13)5-15(44)21(46)16(45)7-58-63(54,55)62-64(56,57)59-8-18-23(48)25(50)31(61-18)41-10-37-19-27(34)35-9-36-28(19)41/h3-4,9-10,15-18,21-26,31-32,43-51H,5-8H2,1-2H3,(H,54,55)(H,56,57)(H2,34,35,36)(H2,38,39,52,53)/t15-,16+,17+,18+,21-,22-,23+,24-,25+,26+,31+,32+/m0/s1. The highest BCUT2D eigenvalue weighted by Gasteiger charge is 2.50. The number of aliphatic hydroxyl groups excluding tert-OH is 9. The number of nitrogens with one attached hydrogen (secondary N) is 2. The molecule has 0 amide bonds. The Morgan fingerprint density at radius 1 is 0.828 bits per heavy atom. The fourth-order valence-electron chi connectivity index (χ4n) is 7.39. The number of phosphoric acid groups is 2. The number of nitrogens with two attached hydrogens (primary N) is 1. The van der Waals surface area contributed by atoms with Crippen LogP contribution in [0.4, 0.5) is 28.7 Å². The molecule has 2 saturated heterocycles. The number of benzene rings is 1. The zero-order valence-electron chi connectivity index (χ0n) is 33.3. The monoisotopic (exact) mass is 949 g/mol. The predicted octanol–water partition coefficient (Wildman–Crippen LogP) is -4.56. The van der Waals surface area contributed by atoms with Crippen LogP contribution in [0.2, 0.25) is 0 Å². The maximum Gasteiger partial charge on any atom is 0.481 e. The van der Waals surface area contributed by atoms with Crippen molar-refractivity contribution in [2.24, 2.45) is 0 Å². The Morgan fingerprint density at radius 3 is 2.14 bits per heavy atom. The summed E-state index contributed by atoms with van der Waals surface area (Å²) in [6.07, 6.45) is -19.2. The smallest absolute Gasteiger partial charge is 0.394 e. The number of aromatic nitrogens is 6. The molecule has 0 saturated carbocycles. The number of hydrogen-bond donors (Lipinski definition) is 14. The largest absolute Gasteiger partial charge is 0.481 e. The molecule has 15 N–H and O–H groups in total. The first-order valence-electron chi connectivity index (χ1n) is 19.0. The molecule has 2 fully saturated rings. The van der Waals surface area contributed by atoms with Crippen molar-refractivity contribution < 1.29 is 87.7 Å². The number of fused-ring (bicyclic) bond motifs is 3. The number of phosphoric ester groups is 2. The third kappa shape index (κ3) is 9.10. The average Bonchev–Trinajstić information content (AvgIpc) is 3.79. The third-order valence-electron chi connectivity index (χ3n) is 10.8. The van der Waals surface area contributed by atoms with Gasteiger partial charge in [-0.3, -0.25) is 28.4 Å². The van der Waals surface area contributed by atoms with Crippen LogP contribution in [0.1, 0.15) is 17.4 Å². The Morgan fingerprint density at radius 2 is 1.45 bits per heavy atom. The molecule has 352 valence electrons. The number of aryl methyl sites for hydroxylation is 2. The van der Waals surface area contributed by atoms with Gasteiger partial charge in [-0.05, 0) is 37.1 Å². The first kappa shape index (κ1) is 47.6. The Labute approximate surface area is 358 Å². The van der Waals surface area contributed by atoms with Crippen molar-refractivity contribution in [3.63, 3.8) is 0 Å². The van der Waals surface area contributed by atoms with Gasteiger partial charge in [0.2, 0.25) is 0 Å². The number of rotatable bonds is 15. The van der Waals surface area contributed by atoms with Crippen molar-refractivity contribution >= 4 is 55.5 Å². The number of β-amino-alcohol motifs (C(OH)–C–C–N with tert-alkyl or cyclic N) is 1.